The molecule has 146 valence electrons. The minimum atomic E-state index is -0.195. The minimum absolute atomic E-state index is 0.0232. The van der Waals surface area contributed by atoms with Crippen LogP contribution in [0.15, 0.2) is 14.5 Å². The van der Waals surface area contributed by atoms with E-state index >= 15 is 0 Å². The maximum atomic E-state index is 13.0. The number of aryl methyl sites for hydroxylation is 2. The van der Waals surface area contributed by atoms with Gasteiger partial charge in [-0.1, -0.05) is 37.7 Å². The lowest BCUT2D eigenvalue weighted by Crippen LogP contribution is -2.25. The van der Waals surface area contributed by atoms with Gasteiger partial charge in [0.25, 0.3) is 5.56 Å². The van der Waals surface area contributed by atoms with Gasteiger partial charge in [-0.2, -0.15) is 4.98 Å². The fourth-order valence-corrected chi connectivity index (χ4v) is 4.48. The highest BCUT2D eigenvalue weighted by atomic mass is 32.2. The number of nitrogens with zero attached hydrogens (tertiary/aromatic N) is 4. The van der Waals surface area contributed by atoms with Gasteiger partial charge in [-0.15, -0.1) is 11.3 Å². The van der Waals surface area contributed by atoms with Gasteiger partial charge in [-0.25, -0.2) is 4.98 Å². The highest BCUT2D eigenvalue weighted by molar-refractivity contribution is 7.98. The predicted octanol–water partition coefficient (Wildman–Crippen LogP) is 3.69. The zero-order valence-corrected chi connectivity index (χ0v) is 18.1. The molecule has 0 fully saturated rings. The van der Waals surface area contributed by atoms with Crippen molar-refractivity contribution in [2.45, 2.75) is 57.5 Å². The predicted molar refractivity (Wildman–Crippen MR) is 108 cm³/mol. The molecule has 7 nitrogen and oxygen atoms in total. The number of thiophene rings is 1. The lowest BCUT2D eigenvalue weighted by Gasteiger charge is -2.11. The molecule has 9 heteroatoms. The van der Waals surface area contributed by atoms with Crippen molar-refractivity contribution in [1.82, 2.24) is 19.7 Å². The fourth-order valence-electron chi connectivity index (χ4n) is 2.54. The molecule has 0 amide bonds. The molecule has 0 aromatic carbocycles. The third-order valence-electron chi connectivity index (χ3n) is 4.21. The Morgan fingerprint density at radius 1 is 1.26 bits per heavy atom. The van der Waals surface area contributed by atoms with E-state index in [-0.39, 0.29) is 11.0 Å². The van der Waals surface area contributed by atoms with Crippen LogP contribution in [0.3, 0.4) is 0 Å². The van der Waals surface area contributed by atoms with E-state index in [0.717, 1.165) is 15.3 Å². The van der Waals surface area contributed by atoms with Crippen LogP contribution in [0, 0.1) is 13.8 Å². The highest BCUT2D eigenvalue weighted by Gasteiger charge is 2.22. The molecule has 3 heterocycles. The van der Waals surface area contributed by atoms with Crippen molar-refractivity contribution in [3.63, 3.8) is 0 Å². The third kappa shape index (κ3) is 4.09. The maximum Gasteiger partial charge on any atom is 0.263 e. The molecular weight excluding hydrogens is 384 g/mol. The molecule has 0 bridgehead atoms. The fraction of sp³-hybridized carbons (Fsp3) is 0.556. The van der Waals surface area contributed by atoms with E-state index in [0.29, 0.717) is 41.2 Å². The standard InChI is InChI=1S/C18H24N4O3S2/c1-10-11(2)27-14-13(10)15(23)22(7-8-24-6)17(20-14)26-9-12-19-16(25-21-12)18(3,4)5/h7-9H2,1-6H3. The summed E-state index contributed by atoms with van der Waals surface area (Å²) in [4.78, 5) is 24.1. The molecule has 3 rings (SSSR count). The zero-order chi connectivity index (χ0) is 19.8. The highest BCUT2D eigenvalue weighted by Crippen LogP contribution is 2.29. The van der Waals surface area contributed by atoms with Crippen molar-refractivity contribution in [3.8, 4) is 0 Å². The molecule has 3 aromatic heterocycles. The van der Waals surface area contributed by atoms with Crippen LogP contribution in [-0.2, 0) is 22.4 Å². The van der Waals surface area contributed by atoms with Crippen molar-refractivity contribution in [1.29, 1.82) is 0 Å². The van der Waals surface area contributed by atoms with Gasteiger partial charge >= 0.3 is 0 Å². The van der Waals surface area contributed by atoms with Crippen molar-refractivity contribution < 1.29 is 9.26 Å². The van der Waals surface area contributed by atoms with E-state index in [1.807, 2.05) is 34.6 Å². The van der Waals surface area contributed by atoms with E-state index in [9.17, 15) is 4.79 Å². The second kappa shape index (κ2) is 7.73. The summed E-state index contributed by atoms with van der Waals surface area (Å²) in [5, 5.41) is 5.40. The molecule has 0 aliphatic carbocycles. The average Bonchev–Trinajstić information content (AvgIpc) is 3.18. The van der Waals surface area contributed by atoms with Crippen LogP contribution in [-0.4, -0.2) is 33.4 Å². The monoisotopic (exact) mass is 408 g/mol. The van der Waals surface area contributed by atoms with E-state index in [1.165, 1.54) is 11.8 Å². The number of methoxy groups -OCH3 is 1. The van der Waals surface area contributed by atoms with Crippen molar-refractivity contribution >= 4 is 33.3 Å². The molecule has 0 spiro atoms. The molecule has 0 aliphatic heterocycles. The van der Waals surface area contributed by atoms with E-state index in [4.69, 9.17) is 14.2 Å². The Kier molecular flexibility index (Phi) is 5.73. The van der Waals surface area contributed by atoms with Crippen LogP contribution in [0.2, 0.25) is 0 Å². The van der Waals surface area contributed by atoms with Gasteiger partial charge in [0, 0.05) is 17.4 Å². The normalized spacial score (nSPS) is 12.2. The van der Waals surface area contributed by atoms with Crippen LogP contribution < -0.4 is 5.56 Å². The van der Waals surface area contributed by atoms with Gasteiger partial charge in [-0.3, -0.25) is 9.36 Å². The Morgan fingerprint density at radius 3 is 2.63 bits per heavy atom. The van der Waals surface area contributed by atoms with Gasteiger partial charge < -0.3 is 9.26 Å². The number of rotatable bonds is 6. The van der Waals surface area contributed by atoms with Crippen LogP contribution in [0.1, 0.15) is 42.9 Å². The Bertz CT molecular complexity index is 1010. The van der Waals surface area contributed by atoms with Crippen LogP contribution >= 0.6 is 23.1 Å². The summed E-state index contributed by atoms with van der Waals surface area (Å²) in [7, 11) is 1.62. The largest absolute Gasteiger partial charge is 0.383 e. The van der Waals surface area contributed by atoms with Crippen LogP contribution in [0.5, 0.6) is 0 Å². The van der Waals surface area contributed by atoms with E-state index in [1.54, 1.807) is 23.0 Å². The van der Waals surface area contributed by atoms with Gasteiger partial charge in [0.2, 0.25) is 5.89 Å². The van der Waals surface area contributed by atoms with Gasteiger partial charge in [0.15, 0.2) is 11.0 Å². The second-order valence-electron chi connectivity index (χ2n) is 7.36. The first-order chi connectivity index (χ1) is 12.7. The molecule has 0 saturated carbocycles. The van der Waals surface area contributed by atoms with Gasteiger partial charge in [0.1, 0.15) is 4.83 Å². The summed E-state index contributed by atoms with van der Waals surface area (Å²) in [5.74, 6) is 1.67. The molecule has 0 radical (unpaired) electrons. The number of fused-ring (bicyclic) bond motifs is 1. The zero-order valence-electron chi connectivity index (χ0n) is 16.5. The SMILES string of the molecule is COCCn1c(SCc2noc(C(C)(C)C)n2)nc2sc(C)c(C)c2c1=O. The summed E-state index contributed by atoms with van der Waals surface area (Å²) in [6.45, 7) is 11.0. The molecule has 0 atom stereocenters. The number of thioether (sulfide) groups is 1. The number of aromatic nitrogens is 4. The summed E-state index contributed by atoms with van der Waals surface area (Å²) in [6, 6.07) is 0. The lowest BCUT2D eigenvalue weighted by molar-refractivity contribution is 0.183. The molecule has 0 saturated heterocycles. The van der Waals surface area contributed by atoms with Crippen LogP contribution in [0.25, 0.3) is 10.2 Å². The maximum absolute atomic E-state index is 13.0. The molecule has 3 aromatic rings. The minimum Gasteiger partial charge on any atom is -0.383 e. The Balaban J connectivity index is 1.94. The third-order valence-corrected chi connectivity index (χ3v) is 6.29. The average molecular weight is 409 g/mol. The first-order valence-corrected chi connectivity index (χ1v) is 10.5. The molecule has 0 N–H and O–H groups in total. The first-order valence-electron chi connectivity index (χ1n) is 8.67. The molecular formula is C18H24N4O3S2. The van der Waals surface area contributed by atoms with Crippen molar-refractivity contribution in [3.05, 3.63) is 32.5 Å². The van der Waals surface area contributed by atoms with Gasteiger partial charge in [-0.05, 0) is 19.4 Å². The van der Waals surface area contributed by atoms with Gasteiger partial charge in [0.05, 0.1) is 24.3 Å². The summed E-state index contributed by atoms with van der Waals surface area (Å²) in [5.41, 5.74) is 0.785. The number of ether oxygens (including phenoxy) is 1. The topological polar surface area (TPSA) is 83.0 Å². The molecule has 0 aliphatic rings. The Morgan fingerprint density at radius 2 is 2.00 bits per heavy atom. The second-order valence-corrected chi connectivity index (χ2v) is 9.51. The first kappa shape index (κ1) is 20.0. The lowest BCUT2D eigenvalue weighted by atomic mass is 9.97. The Hall–Kier alpha value is -1.71. The van der Waals surface area contributed by atoms with Crippen molar-refractivity contribution in [2.24, 2.45) is 0 Å². The van der Waals surface area contributed by atoms with Crippen LogP contribution in [0.4, 0.5) is 0 Å². The summed E-state index contributed by atoms with van der Waals surface area (Å²) in [6.07, 6.45) is 0. The Labute approximate surface area is 166 Å². The summed E-state index contributed by atoms with van der Waals surface area (Å²) < 4.78 is 12.2. The van der Waals surface area contributed by atoms with Crippen molar-refractivity contribution in [2.75, 3.05) is 13.7 Å². The van der Waals surface area contributed by atoms with E-state index in [2.05, 4.69) is 10.1 Å². The summed E-state index contributed by atoms with van der Waals surface area (Å²) >= 11 is 2.99. The number of hydrogen-bond donors (Lipinski definition) is 0. The molecule has 27 heavy (non-hydrogen) atoms. The van der Waals surface area contributed by atoms with E-state index < -0.39 is 0 Å². The quantitative estimate of drug-likeness (QED) is 0.454. The molecule has 0 unspecified atom stereocenters. The number of hydrogen-bond acceptors (Lipinski definition) is 8. The smallest absolute Gasteiger partial charge is 0.263 e.